The smallest absolute Gasteiger partial charge is 0.258 e. The zero-order chi connectivity index (χ0) is 21.5. The van der Waals surface area contributed by atoms with Crippen LogP contribution in [-0.2, 0) is 22.5 Å². The summed E-state index contributed by atoms with van der Waals surface area (Å²) in [7, 11) is 0. The first-order valence-corrected chi connectivity index (χ1v) is 10.8. The van der Waals surface area contributed by atoms with E-state index >= 15 is 0 Å². The van der Waals surface area contributed by atoms with Crippen molar-refractivity contribution >= 4 is 11.6 Å². The van der Waals surface area contributed by atoms with E-state index in [0.29, 0.717) is 17.4 Å². The van der Waals surface area contributed by atoms with Gasteiger partial charge in [0.15, 0.2) is 6.29 Å². The Labute approximate surface area is 186 Å². The number of nitrogens with zero attached hydrogens (tertiary/aromatic N) is 2. The van der Waals surface area contributed by atoms with Gasteiger partial charge < -0.3 is 14.2 Å². The maximum atomic E-state index is 12.5. The van der Waals surface area contributed by atoms with Gasteiger partial charge in [-0.25, -0.2) is 0 Å². The number of halogens is 1. The predicted molar refractivity (Wildman–Crippen MR) is 119 cm³/mol. The Kier molecular flexibility index (Phi) is 7.35. The minimum absolute atomic E-state index is 0.0668. The van der Waals surface area contributed by atoms with Crippen molar-refractivity contribution in [2.45, 2.75) is 38.6 Å². The highest BCUT2D eigenvalue weighted by Gasteiger charge is 2.13. The SMILES string of the molecule is O=c1cc(OCc2ccc(Cl)cn2)ccn1-c1ccc(CCOC2CCCCO2)cc1. The van der Waals surface area contributed by atoms with Gasteiger partial charge in [0.2, 0.25) is 0 Å². The Balaban J connectivity index is 1.32. The van der Waals surface area contributed by atoms with Gasteiger partial charge in [-0.2, -0.15) is 0 Å². The highest BCUT2D eigenvalue weighted by atomic mass is 35.5. The number of benzene rings is 1. The average Bonchev–Trinajstić information content (AvgIpc) is 2.80. The number of pyridine rings is 2. The van der Waals surface area contributed by atoms with Crippen LogP contribution in [0.2, 0.25) is 5.02 Å². The molecule has 4 rings (SSSR count). The van der Waals surface area contributed by atoms with Crippen molar-refractivity contribution in [1.29, 1.82) is 0 Å². The van der Waals surface area contributed by atoms with Crippen LogP contribution in [0.1, 0.15) is 30.5 Å². The first-order chi connectivity index (χ1) is 15.2. The number of ether oxygens (including phenoxy) is 3. The summed E-state index contributed by atoms with van der Waals surface area (Å²) in [6.45, 7) is 1.68. The Morgan fingerprint density at radius 2 is 2.00 bits per heavy atom. The Morgan fingerprint density at radius 1 is 1.13 bits per heavy atom. The maximum Gasteiger partial charge on any atom is 0.258 e. The highest BCUT2D eigenvalue weighted by molar-refractivity contribution is 6.30. The third kappa shape index (κ3) is 6.17. The second-order valence-electron chi connectivity index (χ2n) is 7.41. The first kappa shape index (κ1) is 21.6. The standard InChI is InChI=1S/C24H25ClN2O4/c25-19-6-7-20(26-16-19)17-31-22-10-12-27(23(28)15-22)21-8-4-18(5-9-21)11-14-30-24-3-1-2-13-29-24/h4-10,12,15-16,24H,1-3,11,13-14,17H2. The summed E-state index contributed by atoms with van der Waals surface area (Å²) in [4.78, 5) is 16.7. The lowest BCUT2D eigenvalue weighted by molar-refractivity contribution is -0.161. The van der Waals surface area contributed by atoms with E-state index in [1.807, 2.05) is 24.3 Å². The third-order valence-corrected chi connectivity index (χ3v) is 5.34. The predicted octanol–water partition coefficient (Wildman–Crippen LogP) is 4.55. The second kappa shape index (κ2) is 10.6. The Morgan fingerprint density at radius 3 is 2.71 bits per heavy atom. The van der Waals surface area contributed by atoms with E-state index in [1.165, 1.54) is 6.07 Å². The van der Waals surface area contributed by atoms with Gasteiger partial charge in [-0.05, 0) is 61.6 Å². The summed E-state index contributed by atoms with van der Waals surface area (Å²) in [5.74, 6) is 0.497. The van der Waals surface area contributed by atoms with Crippen molar-refractivity contribution in [3.05, 3.63) is 87.6 Å². The van der Waals surface area contributed by atoms with Crippen LogP contribution in [0, 0.1) is 0 Å². The zero-order valence-corrected chi connectivity index (χ0v) is 18.0. The lowest BCUT2D eigenvalue weighted by Gasteiger charge is -2.22. The van der Waals surface area contributed by atoms with Crippen molar-refractivity contribution in [3.63, 3.8) is 0 Å². The van der Waals surface area contributed by atoms with Crippen molar-refractivity contribution in [1.82, 2.24) is 9.55 Å². The highest BCUT2D eigenvalue weighted by Crippen LogP contribution is 2.16. The molecule has 31 heavy (non-hydrogen) atoms. The molecule has 1 aliphatic rings. The summed E-state index contributed by atoms with van der Waals surface area (Å²) in [5.41, 5.74) is 2.54. The van der Waals surface area contributed by atoms with Gasteiger partial charge in [0.1, 0.15) is 12.4 Å². The molecule has 1 atom stereocenters. The fourth-order valence-corrected chi connectivity index (χ4v) is 3.50. The van der Waals surface area contributed by atoms with Gasteiger partial charge in [0, 0.05) is 30.8 Å². The average molecular weight is 441 g/mol. The number of hydrogen-bond donors (Lipinski definition) is 0. The van der Waals surface area contributed by atoms with Crippen LogP contribution in [0.25, 0.3) is 5.69 Å². The molecule has 3 aromatic rings. The van der Waals surface area contributed by atoms with E-state index in [0.717, 1.165) is 49.2 Å². The minimum atomic E-state index is -0.160. The molecule has 7 heteroatoms. The topological polar surface area (TPSA) is 62.6 Å². The van der Waals surface area contributed by atoms with E-state index in [4.69, 9.17) is 25.8 Å². The van der Waals surface area contributed by atoms with E-state index in [9.17, 15) is 4.79 Å². The number of hydrogen-bond acceptors (Lipinski definition) is 5. The molecule has 0 saturated carbocycles. The molecule has 0 N–H and O–H groups in total. The Bertz CT molecular complexity index is 1030. The fraction of sp³-hybridized carbons (Fsp3) is 0.333. The molecule has 1 aromatic carbocycles. The minimum Gasteiger partial charge on any atom is -0.487 e. The van der Waals surface area contributed by atoms with E-state index in [1.54, 1.807) is 35.2 Å². The van der Waals surface area contributed by atoms with Crippen LogP contribution in [-0.4, -0.2) is 29.1 Å². The first-order valence-electron chi connectivity index (χ1n) is 10.5. The largest absolute Gasteiger partial charge is 0.487 e. The van der Waals surface area contributed by atoms with Crippen LogP contribution >= 0.6 is 11.6 Å². The molecule has 1 fully saturated rings. The fourth-order valence-electron chi connectivity index (χ4n) is 3.39. The Hall–Kier alpha value is -2.67. The lowest BCUT2D eigenvalue weighted by atomic mass is 10.1. The molecule has 0 bridgehead atoms. The number of aromatic nitrogens is 2. The molecular weight excluding hydrogens is 416 g/mol. The van der Waals surface area contributed by atoms with E-state index < -0.39 is 0 Å². The van der Waals surface area contributed by atoms with Gasteiger partial charge in [-0.3, -0.25) is 14.3 Å². The molecule has 0 amide bonds. The number of rotatable bonds is 8. The van der Waals surface area contributed by atoms with Gasteiger partial charge >= 0.3 is 0 Å². The van der Waals surface area contributed by atoms with Gasteiger partial charge in [-0.15, -0.1) is 0 Å². The van der Waals surface area contributed by atoms with Crippen molar-refractivity contribution in [2.24, 2.45) is 0 Å². The lowest BCUT2D eigenvalue weighted by Crippen LogP contribution is -2.23. The van der Waals surface area contributed by atoms with Crippen molar-refractivity contribution < 1.29 is 14.2 Å². The normalized spacial score (nSPS) is 16.2. The molecule has 1 saturated heterocycles. The third-order valence-electron chi connectivity index (χ3n) is 5.11. The van der Waals surface area contributed by atoms with Gasteiger partial charge in [-0.1, -0.05) is 23.7 Å². The second-order valence-corrected chi connectivity index (χ2v) is 7.85. The molecule has 6 nitrogen and oxygen atoms in total. The molecule has 0 aliphatic carbocycles. The van der Waals surface area contributed by atoms with E-state index in [-0.39, 0.29) is 18.5 Å². The molecule has 3 heterocycles. The van der Waals surface area contributed by atoms with Crippen molar-refractivity contribution in [3.8, 4) is 11.4 Å². The van der Waals surface area contributed by atoms with Gasteiger partial charge in [0.05, 0.1) is 17.3 Å². The molecule has 162 valence electrons. The monoisotopic (exact) mass is 440 g/mol. The van der Waals surface area contributed by atoms with Crippen LogP contribution in [0.5, 0.6) is 5.75 Å². The molecule has 0 spiro atoms. The van der Waals surface area contributed by atoms with E-state index in [2.05, 4.69) is 4.98 Å². The van der Waals surface area contributed by atoms with Crippen LogP contribution in [0.4, 0.5) is 0 Å². The van der Waals surface area contributed by atoms with Crippen molar-refractivity contribution in [2.75, 3.05) is 13.2 Å². The summed E-state index contributed by atoms with van der Waals surface area (Å²) >= 11 is 5.83. The quantitative estimate of drug-likeness (QED) is 0.514. The molecule has 1 aliphatic heterocycles. The van der Waals surface area contributed by atoms with Gasteiger partial charge in [0.25, 0.3) is 5.56 Å². The summed E-state index contributed by atoms with van der Waals surface area (Å²) < 4.78 is 18.6. The molecule has 1 unspecified atom stereocenters. The van der Waals surface area contributed by atoms with Crippen LogP contribution in [0.15, 0.2) is 65.7 Å². The zero-order valence-electron chi connectivity index (χ0n) is 17.2. The molecule has 0 radical (unpaired) electrons. The molecular formula is C24H25ClN2O4. The summed E-state index contributed by atoms with van der Waals surface area (Å²) in [6.07, 6.45) is 7.27. The molecule has 2 aromatic heterocycles. The van der Waals surface area contributed by atoms with Crippen LogP contribution < -0.4 is 10.3 Å². The summed E-state index contributed by atoms with van der Waals surface area (Å²) in [5, 5.41) is 0.572. The summed E-state index contributed by atoms with van der Waals surface area (Å²) in [6, 6.07) is 14.7. The van der Waals surface area contributed by atoms with Crippen LogP contribution in [0.3, 0.4) is 0 Å². The maximum absolute atomic E-state index is 12.5.